The highest BCUT2D eigenvalue weighted by molar-refractivity contribution is 7.89. The molecule has 16 heavy (non-hydrogen) atoms. The zero-order chi connectivity index (χ0) is 11.6. The predicted octanol–water partition coefficient (Wildman–Crippen LogP) is 2.41. The Hall–Kier alpha value is -0.0900. The molecule has 2 atom stereocenters. The number of rotatable bonds is 2. The Bertz CT molecular complexity index is 320. The van der Waals surface area contributed by atoms with E-state index in [0.717, 1.165) is 19.3 Å². The van der Waals surface area contributed by atoms with Gasteiger partial charge in [-0.25, -0.2) is 13.6 Å². The quantitative estimate of drug-likeness (QED) is 0.812. The molecule has 0 saturated heterocycles. The first kappa shape index (κ1) is 12.4. The number of nitrogens with two attached hydrogens (primary N) is 1. The molecule has 0 aromatic heterocycles. The highest BCUT2D eigenvalue weighted by Crippen LogP contribution is 2.40. The summed E-state index contributed by atoms with van der Waals surface area (Å²) in [6.45, 7) is 0. The highest BCUT2D eigenvalue weighted by atomic mass is 32.2. The van der Waals surface area contributed by atoms with Crippen molar-refractivity contribution in [1.29, 1.82) is 0 Å². The Labute approximate surface area is 98.8 Å². The Balaban J connectivity index is 2.09. The second-order valence-electron chi connectivity index (χ2n) is 5.47. The molecule has 94 valence electrons. The molecule has 4 heteroatoms. The molecule has 0 aromatic rings. The highest BCUT2D eigenvalue weighted by Gasteiger charge is 2.38. The molecule has 2 aliphatic carbocycles. The van der Waals surface area contributed by atoms with Crippen LogP contribution in [0.4, 0.5) is 0 Å². The van der Waals surface area contributed by atoms with E-state index < -0.39 is 10.0 Å². The van der Waals surface area contributed by atoms with Gasteiger partial charge in [0, 0.05) is 0 Å². The van der Waals surface area contributed by atoms with Crippen LogP contribution in [0.5, 0.6) is 0 Å². The number of hydrogen-bond acceptors (Lipinski definition) is 2. The zero-order valence-electron chi connectivity index (χ0n) is 9.90. The third-order valence-corrected chi connectivity index (χ3v) is 5.86. The van der Waals surface area contributed by atoms with Crippen molar-refractivity contribution < 1.29 is 8.42 Å². The zero-order valence-corrected chi connectivity index (χ0v) is 10.7. The topological polar surface area (TPSA) is 60.2 Å². The van der Waals surface area contributed by atoms with Crippen molar-refractivity contribution in [3.8, 4) is 0 Å². The van der Waals surface area contributed by atoms with Crippen molar-refractivity contribution in [2.75, 3.05) is 0 Å². The van der Waals surface area contributed by atoms with Gasteiger partial charge in [-0.1, -0.05) is 44.9 Å². The third-order valence-electron chi connectivity index (χ3n) is 4.43. The second kappa shape index (κ2) is 5.05. The monoisotopic (exact) mass is 245 g/mol. The van der Waals surface area contributed by atoms with Crippen molar-refractivity contribution in [3.05, 3.63) is 0 Å². The van der Waals surface area contributed by atoms with Gasteiger partial charge in [0.05, 0.1) is 5.25 Å². The van der Waals surface area contributed by atoms with E-state index in [-0.39, 0.29) is 5.25 Å². The Morgan fingerprint density at radius 2 is 1.38 bits per heavy atom. The molecule has 0 aliphatic heterocycles. The molecule has 3 nitrogen and oxygen atoms in total. The van der Waals surface area contributed by atoms with Gasteiger partial charge in [0.1, 0.15) is 0 Å². The lowest BCUT2D eigenvalue weighted by Crippen LogP contribution is -2.41. The summed E-state index contributed by atoms with van der Waals surface area (Å²) in [7, 11) is -3.32. The van der Waals surface area contributed by atoms with Crippen LogP contribution >= 0.6 is 0 Å². The van der Waals surface area contributed by atoms with E-state index >= 15 is 0 Å². The van der Waals surface area contributed by atoms with Gasteiger partial charge in [-0.15, -0.1) is 0 Å². The lowest BCUT2D eigenvalue weighted by molar-refractivity contribution is 0.198. The third kappa shape index (κ3) is 2.77. The van der Waals surface area contributed by atoms with Crippen LogP contribution in [0.2, 0.25) is 0 Å². The summed E-state index contributed by atoms with van der Waals surface area (Å²) >= 11 is 0. The Morgan fingerprint density at radius 1 is 0.812 bits per heavy atom. The number of hydrogen-bond donors (Lipinski definition) is 1. The van der Waals surface area contributed by atoms with Crippen molar-refractivity contribution in [3.63, 3.8) is 0 Å². The molecule has 0 aromatic carbocycles. The van der Waals surface area contributed by atoms with Gasteiger partial charge in [-0.2, -0.15) is 0 Å². The summed E-state index contributed by atoms with van der Waals surface area (Å²) < 4.78 is 23.2. The van der Waals surface area contributed by atoms with Gasteiger partial charge in [-0.3, -0.25) is 0 Å². The van der Waals surface area contributed by atoms with Crippen molar-refractivity contribution in [1.82, 2.24) is 0 Å². The van der Waals surface area contributed by atoms with Crippen LogP contribution in [0.3, 0.4) is 0 Å². The van der Waals surface area contributed by atoms with Gasteiger partial charge in [-0.05, 0) is 24.7 Å². The molecule has 2 aliphatic rings. The maximum Gasteiger partial charge on any atom is 0.212 e. The molecular formula is C12H23NO2S. The molecule has 2 unspecified atom stereocenters. The van der Waals surface area contributed by atoms with E-state index in [1.165, 1.54) is 38.5 Å². The maximum absolute atomic E-state index is 11.6. The Morgan fingerprint density at radius 3 is 2.00 bits per heavy atom. The van der Waals surface area contributed by atoms with E-state index in [4.69, 9.17) is 5.14 Å². The van der Waals surface area contributed by atoms with Crippen LogP contribution in [0.1, 0.15) is 57.8 Å². The van der Waals surface area contributed by atoms with Crippen LogP contribution in [0.25, 0.3) is 0 Å². The van der Waals surface area contributed by atoms with E-state index in [2.05, 4.69) is 0 Å². The van der Waals surface area contributed by atoms with Crippen molar-refractivity contribution in [2.45, 2.75) is 63.0 Å². The fourth-order valence-corrected chi connectivity index (χ4v) is 4.98. The first-order valence-corrected chi connectivity index (χ1v) is 8.21. The molecule has 2 N–H and O–H groups in total. The van der Waals surface area contributed by atoms with Gasteiger partial charge >= 0.3 is 0 Å². The molecular weight excluding hydrogens is 222 g/mol. The fraction of sp³-hybridized carbons (Fsp3) is 1.00. The first-order chi connectivity index (χ1) is 7.59. The first-order valence-electron chi connectivity index (χ1n) is 6.60. The predicted molar refractivity (Wildman–Crippen MR) is 65.4 cm³/mol. The van der Waals surface area contributed by atoms with Gasteiger partial charge in [0.25, 0.3) is 0 Å². The molecule has 0 heterocycles. The van der Waals surface area contributed by atoms with Crippen LogP contribution in [-0.4, -0.2) is 13.7 Å². The normalized spacial score (nSPS) is 33.8. The SMILES string of the molecule is NS(=O)(=O)C1CCCCC1C1CCCCC1. The molecule has 2 fully saturated rings. The average molecular weight is 245 g/mol. The van der Waals surface area contributed by atoms with Crippen molar-refractivity contribution in [2.24, 2.45) is 17.0 Å². The van der Waals surface area contributed by atoms with Crippen molar-refractivity contribution >= 4 is 10.0 Å². The smallest absolute Gasteiger partial charge is 0.212 e. The maximum atomic E-state index is 11.6. The van der Waals surface area contributed by atoms with Gasteiger partial charge < -0.3 is 0 Å². The van der Waals surface area contributed by atoms with E-state index in [1.54, 1.807) is 0 Å². The van der Waals surface area contributed by atoms with E-state index in [0.29, 0.717) is 11.8 Å². The summed E-state index contributed by atoms with van der Waals surface area (Å²) in [6.07, 6.45) is 10.4. The summed E-state index contributed by atoms with van der Waals surface area (Å²) in [5, 5.41) is 5.13. The van der Waals surface area contributed by atoms with Crippen LogP contribution in [-0.2, 0) is 10.0 Å². The molecule has 2 saturated carbocycles. The van der Waals surface area contributed by atoms with E-state index in [9.17, 15) is 8.42 Å². The molecule has 0 spiro atoms. The largest absolute Gasteiger partial charge is 0.228 e. The minimum absolute atomic E-state index is 0.246. The summed E-state index contributed by atoms with van der Waals surface area (Å²) in [6, 6.07) is 0. The molecule has 0 bridgehead atoms. The van der Waals surface area contributed by atoms with Crippen LogP contribution in [0, 0.1) is 11.8 Å². The second-order valence-corrected chi connectivity index (χ2v) is 7.26. The van der Waals surface area contributed by atoms with Gasteiger partial charge in [0.15, 0.2) is 0 Å². The number of sulfonamides is 1. The lowest BCUT2D eigenvalue weighted by Gasteiger charge is -2.37. The molecule has 2 rings (SSSR count). The minimum atomic E-state index is -3.32. The van der Waals surface area contributed by atoms with Crippen LogP contribution in [0.15, 0.2) is 0 Å². The average Bonchev–Trinajstić information content (AvgIpc) is 2.29. The Kier molecular flexibility index (Phi) is 3.90. The fourth-order valence-electron chi connectivity index (χ4n) is 3.64. The molecule has 0 radical (unpaired) electrons. The summed E-state index contributed by atoms with van der Waals surface area (Å²) in [5.74, 6) is 0.974. The van der Waals surface area contributed by atoms with E-state index in [1.807, 2.05) is 0 Å². The lowest BCUT2D eigenvalue weighted by atomic mass is 9.73. The molecule has 0 amide bonds. The summed E-state index contributed by atoms with van der Waals surface area (Å²) in [5.41, 5.74) is 0. The minimum Gasteiger partial charge on any atom is -0.228 e. The number of primary sulfonamides is 1. The van der Waals surface area contributed by atoms with Gasteiger partial charge in [0.2, 0.25) is 10.0 Å². The standard InChI is InChI=1S/C12H23NO2S/c13-16(14,15)12-9-5-4-8-11(12)10-6-2-1-3-7-10/h10-12H,1-9H2,(H2,13,14,15). The summed E-state index contributed by atoms with van der Waals surface area (Å²) in [4.78, 5) is 0. The van der Waals surface area contributed by atoms with Crippen LogP contribution < -0.4 is 5.14 Å².